The molecule has 1 heterocycles. The molecular weight excluding hydrogens is 477 g/mol. The lowest BCUT2D eigenvalue weighted by molar-refractivity contribution is 0.0376. The Morgan fingerprint density at radius 3 is 2.48 bits per heavy atom. The molecule has 0 bridgehead atoms. The zero-order chi connectivity index (χ0) is 20.2. The Morgan fingerprint density at radius 1 is 1.21 bits per heavy atom. The quantitative estimate of drug-likeness (QED) is 0.182. The van der Waals surface area contributed by atoms with Crippen LogP contribution in [0.25, 0.3) is 0 Å². The summed E-state index contributed by atoms with van der Waals surface area (Å²) in [6, 6.07) is 10.8. The fourth-order valence-electron chi connectivity index (χ4n) is 3.64. The van der Waals surface area contributed by atoms with Gasteiger partial charge in [0.2, 0.25) is 0 Å². The smallest absolute Gasteiger partial charge is 0.188 e. The molecule has 0 saturated carbocycles. The summed E-state index contributed by atoms with van der Waals surface area (Å²) >= 11 is 0. The molecule has 1 unspecified atom stereocenters. The lowest BCUT2D eigenvalue weighted by atomic mass is 9.91. The fourth-order valence-corrected chi connectivity index (χ4v) is 3.64. The molecule has 166 valence electrons. The van der Waals surface area contributed by atoms with E-state index < -0.39 is 0 Å². The van der Waals surface area contributed by atoms with E-state index in [4.69, 9.17) is 10.5 Å². The number of aliphatic imine (C=N–C) groups is 1. The fraction of sp³-hybridized carbons (Fsp3) is 0.682. The Balaban J connectivity index is 0.00000420. The van der Waals surface area contributed by atoms with Gasteiger partial charge >= 0.3 is 0 Å². The molecule has 6 nitrogen and oxygen atoms in total. The van der Waals surface area contributed by atoms with Crippen LogP contribution >= 0.6 is 24.0 Å². The molecule has 0 spiro atoms. The van der Waals surface area contributed by atoms with Gasteiger partial charge in [-0.15, -0.1) is 24.0 Å². The number of nitrogens with zero attached hydrogens (tertiary/aromatic N) is 2. The number of benzene rings is 1. The maximum absolute atomic E-state index is 6.13. The zero-order valence-corrected chi connectivity index (χ0v) is 20.7. The lowest BCUT2D eigenvalue weighted by Gasteiger charge is -2.35. The topological polar surface area (TPSA) is 74.9 Å². The van der Waals surface area contributed by atoms with Crippen LogP contribution in [0.2, 0.25) is 0 Å². The summed E-state index contributed by atoms with van der Waals surface area (Å²) in [6.45, 7) is 13.0. The van der Waals surface area contributed by atoms with Crippen molar-refractivity contribution in [2.24, 2.45) is 10.7 Å². The van der Waals surface area contributed by atoms with Crippen molar-refractivity contribution in [3.8, 4) is 0 Å². The molecule has 1 aromatic carbocycles. The molecule has 4 N–H and O–H groups in total. The summed E-state index contributed by atoms with van der Waals surface area (Å²) in [5.41, 5.74) is 7.38. The molecule has 2 rings (SSSR count). The van der Waals surface area contributed by atoms with Crippen LogP contribution in [0.5, 0.6) is 0 Å². The van der Waals surface area contributed by atoms with Gasteiger partial charge in [0, 0.05) is 31.2 Å². The van der Waals surface area contributed by atoms with Crippen molar-refractivity contribution in [3.63, 3.8) is 0 Å². The minimum atomic E-state index is -0.0463. The van der Waals surface area contributed by atoms with Gasteiger partial charge in [0.25, 0.3) is 0 Å². The Morgan fingerprint density at radius 2 is 1.86 bits per heavy atom. The van der Waals surface area contributed by atoms with Crippen LogP contribution in [-0.2, 0) is 4.74 Å². The predicted molar refractivity (Wildman–Crippen MR) is 133 cm³/mol. The number of ether oxygens (including phenoxy) is 1. The second-order valence-electron chi connectivity index (χ2n) is 7.70. The average molecular weight is 518 g/mol. The highest BCUT2D eigenvalue weighted by Crippen LogP contribution is 2.22. The van der Waals surface area contributed by atoms with E-state index in [-0.39, 0.29) is 35.6 Å². The SMILES string of the molecule is CCC(CC)(CN=C(N)NCCCN1CCOCC1)NC(C)c1ccccc1.I. The van der Waals surface area contributed by atoms with Crippen LogP contribution in [0.3, 0.4) is 0 Å². The minimum Gasteiger partial charge on any atom is -0.379 e. The van der Waals surface area contributed by atoms with E-state index in [0.29, 0.717) is 12.5 Å². The highest BCUT2D eigenvalue weighted by atomic mass is 127. The van der Waals surface area contributed by atoms with Crippen molar-refractivity contribution >= 4 is 29.9 Å². The second kappa shape index (κ2) is 14.2. The number of hydrogen-bond donors (Lipinski definition) is 3. The number of guanidine groups is 1. The van der Waals surface area contributed by atoms with E-state index in [2.05, 4.69) is 71.6 Å². The summed E-state index contributed by atoms with van der Waals surface area (Å²) in [5, 5.41) is 7.07. The summed E-state index contributed by atoms with van der Waals surface area (Å²) in [5.74, 6) is 0.544. The standard InChI is InChI=1S/C22H39N5O.HI/c1-4-22(5-2,26-19(3)20-10-7-6-8-11-20)18-25-21(23)24-12-9-13-27-14-16-28-17-15-27;/h6-8,10-11,19,26H,4-5,9,12-18H2,1-3H3,(H3,23,24,25);1H. The van der Waals surface area contributed by atoms with Crippen molar-refractivity contribution in [2.75, 3.05) is 45.9 Å². The maximum atomic E-state index is 6.13. The Bertz CT molecular complexity index is 574. The lowest BCUT2D eigenvalue weighted by Crippen LogP contribution is -2.49. The van der Waals surface area contributed by atoms with E-state index in [1.165, 1.54) is 5.56 Å². The van der Waals surface area contributed by atoms with Crippen molar-refractivity contribution in [3.05, 3.63) is 35.9 Å². The number of rotatable bonds is 11. The molecule has 1 aromatic rings. The second-order valence-corrected chi connectivity index (χ2v) is 7.70. The monoisotopic (exact) mass is 517 g/mol. The van der Waals surface area contributed by atoms with Crippen LogP contribution < -0.4 is 16.4 Å². The average Bonchev–Trinajstić information content (AvgIpc) is 2.75. The van der Waals surface area contributed by atoms with Crippen LogP contribution in [0.1, 0.15) is 51.6 Å². The van der Waals surface area contributed by atoms with Gasteiger partial charge in [-0.1, -0.05) is 44.2 Å². The van der Waals surface area contributed by atoms with Gasteiger partial charge in [-0.2, -0.15) is 0 Å². The van der Waals surface area contributed by atoms with Gasteiger partial charge in [0.15, 0.2) is 5.96 Å². The van der Waals surface area contributed by atoms with Crippen molar-refractivity contribution < 1.29 is 4.74 Å². The van der Waals surface area contributed by atoms with Gasteiger partial charge in [0.05, 0.1) is 19.8 Å². The van der Waals surface area contributed by atoms with E-state index in [0.717, 1.165) is 58.7 Å². The Hall–Kier alpha value is -0.900. The van der Waals surface area contributed by atoms with Crippen molar-refractivity contribution in [1.82, 2.24) is 15.5 Å². The molecule has 0 radical (unpaired) electrons. The molecule has 7 heteroatoms. The predicted octanol–water partition coefficient (Wildman–Crippen LogP) is 3.14. The first-order valence-electron chi connectivity index (χ1n) is 10.7. The Labute approximate surface area is 194 Å². The van der Waals surface area contributed by atoms with Gasteiger partial charge in [-0.25, -0.2) is 0 Å². The molecule has 0 aromatic heterocycles. The molecule has 0 aliphatic carbocycles. The van der Waals surface area contributed by atoms with Crippen molar-refractivity contribution in [2.45, 2.75) is 51.6 Å². The minimum absolute atomic E-state index is 0. The van der Waals surface area contributed by atoms with Gasteiger partial charge < -0.3 is 21.1 Å². The number of nitrogens with two attached hydrogens (primary N) is 1. The molecule has 1 atom stereocenters. The third-order valence-electron chi connectivity index (χ3n) is 5.79. The first-order chi connectivity index (χ1) is 13.6. The third kappa shape index (κ3) is 9.19. The summed E-state index contributed by atoms with van der Waals surface area (Å²) < 4.78 is 5.38. The number of morpholine rings is 1. The zero-order valence-electron chi connectivity index (χ0n) is 18.3. The molecule has 1 saturated heterocycles. The highest BCUT2D eigenvalue weighted by molar-refractivity contribution is 14.0. The van der Waals surface area contributed by atoms with Crippen LogP contribution in [0.4, 0.5) is 0 Å². The first kappa shape index (κ1) is 26.1. The molecule has 29 heavy (non-hydrogen) atoms. The molecule has 1 aliphatic heterocycles. The van der Waals surface area contributed by atoms with E-state index in [1.54, 1.807) is 0 Å². The normalized spacial score (nSPS) is 16.9. The molecule has 0 amide bonds. The van der Waals surface area contributed by atoms with E-state index in [9.17, 15) is 0 Å². The number of nitrogens with one attached hydrogen (secondary N) is 2. The molecule has 1 fully saturated rings. The third-order valence-corrected chi connectivity index (χ3v) is 5.79. The molecular formula is C22H40IN5O. The van der Waals surface area contributed by atoms with Gasteiger partial charge in [-0.3, -0.25) is 9.89 Å². The van der Waals surface area contributed by atoms with Gasteiger partial charge in [0.1, 0.15) is 0 Å². The molecule has 1 aliphatic rings. The maximum Gasteiger partial charge on any atom is 0.188 e. The summed E-state index contributed by atoms with van der Waals surface area (Å²) in [6.07, 6.45) is 3.08. The van der Waals surface area contributed by atoms with E-state index in [1.807, 2.05) is 0 Å². The highest BCUT2D eigenvalue weighted by Gasteiger charge is 2.27. The Kier molecular flexibility index (Phi) is 12.8. The number of halogens is 1. The summed E-state index contributed by atoms with van der Waals surface area (Å²) in [7, 11) is 0. The largest absolute Gasteiger partial charge is 0.379 e. The van der Waals surface area contributed by atoms with Gasteiger partial charge in [-0.05, 0) is 38.3 Å². The summed E-state index contributed by atoms with van der Waals surface area (Å²) in [4.78, 5) is 7.09. The van der Waals surface area contributed by atoms with Crippen LogP contribution in [0.15, 0.2) is 35.3 Å². The van der Waals surface area contributed by atoms with Crippen molar-refractivity contribution in [1.29, 1.82) is 0 Å². The van der Waals surface area contributed by atoms with E-state index >= 15 is 0 Å². The first-order valence-corrected chi connectivity index (χ1v) is 10.7. The van der Waals surface area contributed by atoms with Crippen LogP contribution in [0, 0.1) is 0 Å². The van der Waals surface area contributed by atoms with Crippen LogP contribution in [-0.4, -0.2) is 62.3 Å². The number of hydrogen-bond acceptors (Lipinski definition) is 4.